The van der Waals surface area contributed by atoms with Crippen LogP contribution in [0.25, 0.3) is 0 Å². The highest BCUT2D eigenvalue weighted by atomic mass is 19.1. The van der Waals surface area contributed by atoms with Crippen LogP contribution in [0.5, 0.6) is 0 Å². The number of carbonyl (C=O) groups is 2. The van der Waals surface area contributed by atoms with Crippen LogP contribution < -0.4 is 10.6 Å². The first-order valence-corrected chi connectivity index (χ1v) is 7.78. The number of anilines is 2. The van der Waals surface area contributed by atoms with Gasteiger partial charge < -0.3 is 14.8 Å². The van der Waals surface area contributed by atoms with Crippen molar-refractivity contribution in [2.45, 2.75) is 52.7 Å². The van der Waals surface area contributed by atoms with Crippen molar-refractivity contribution in [3.63, 3.8) is 0 Å². The average molecular weight is 340 g/mol. The monoisotopic (exact) mass is 340 g/mol. The molecule has 0 aliphatic carbocycles. The molecule has 1 aromatic carbocycles. The summed E-state index contributed by atoms with van der Waals surface area (Å²) in [7, 11) is 0. The molecular formula is C17H25FN2O4. The number of halogens is 1. The van der Waals surface area contributed by atoms with Gasteiger partial charge in [0.15, 0.2) is 0 Å². The molecule has 0 aliphatic rings. The Labute approximate surface area is 141 Å². The molecule has 24 heavy (non-hydrogen) atoms. The summed E-state index contributed by atoms with van der Waals surface area (Å²) >= 11 is 0. The molecule has 1 aromatic rings. The van der Waals surface area contributed by atoms with E-state index < -0.39 is 17.5 Å². The Hall–Kier alpha value is -2.15. The maximum absolute atomic E-state index is 13.8. The van der Waals surface area contributed by atoms with Crippen LogP contribution in [-0.4, -0.2) is 30.3 Å². The number of carbonyl (C=O) groups excluding carboxylic acids is 2. The highest BCUT2D eigenvalue weighted by molar-refractivity contribution is 5.92. The lowest BCUT2D eigenvalue weighted by Crippen LogP contribution is -2.27. The highest BCUT2D eigenvalue weighted by Crippen LogP contribution is 2.21. The molecule has 134 valence electrons. The molecule has 0 heterocycles. The highest BCUT2D eigenvalue weighted by Gasteiger charge is 2.17. The van der Waals surface area contributed by atoms with E-state index in [1.54, 1.807) is 20.8 Å². The van der Waals surface area contributed by atoms with Crippen molar-refractivity contribution < 1.29 is 23.5 Å². The van der Waals surface area contributed by atoms with E-state index in [1.165, 1.54) is 12.1 Å². The third kappa shape index (κ3) is 7.92. The molecule has 7 heteroatoms. The Morgan fingerprint density at radius 3 is 2.46 bits per heavy atom. The summed E-state index contributed by atoms with van der Waals surface area (Å²) in [6, 6.07) is 3.91. The van der Waals surface area contributed by atoms with E-state index in [4.69, 9.17) is 9.47 Å². The Bertz CT molecular complexity index is 582. The summed E-state index contributed by atoms with van der Waals surface area (Å²) in [6.45, 7) is 9.18. The van der Waals surface area contributed by atoms with Crippen molar-refractivity contribution in [3.05, 3.63) is 24.0 Å². The minimum absolute atomic E-state index is 0.0493. The molecule has 0 fully saturated rings. The second kappa shape index (κ2) is 8.63. The minimum atomic E-state index is -0.768. The van der Waals surface area contributed by atoms with Crippen molar-refractivity contribution in [2.75, 3.05) is 17.2 Å². The number of hydrogen-bond donors (Lipinski definition) is 2. The van der Waals surface area contributed by atoms with Gasteiger partial charge in [0.2, 0.25) is 5.91 Å². The predicted molar refractivity (Wildman–Crippen MR) is 90.6 cm³/mol. The molecule has 0 radical (unpaired) electrons. The summed E-state index contributed by atoms with van der Waals surface area (Å²) in [6.07, 6.45) is -0.534. The van der Waals surface area contributed by atoms with Crippen LogP contribution >= 0.6 is 0 Å². The first kappa shape index (κ1) is 19.9. The second-order valence-corrected chi connectivity index (χ2v) is 6.54. The van der Waals surface area contributed by atoms with Crippen LogP contribution in [0.4, 0.5) is 20.6 Å². The molecule has 0 spiro atoms. The summed E-state index contributed by atoms with van der Waals surface area (Å²) in [5.74, 6) is -0.882. The van der Waals surface area contributed by atoms with Crippen LogP contribution in [0.2, 0.25) is 0 Å². The maximum Gasteiger partial charge on any atom is 0.412 e. The number of hydrogen-bond acceptors (Lipinski definition) is 4. The van der Waals surface area contributed by atoms with Gasteiger partial charge in [0.1, 0.15) is 11.4 Å². The van der Waals surface area contributed by atoms with Crippen LogP contribution in [0, 0.1) is 5.82 Å². The standard InChI is InChI=1S/C17H25FN2O4/c1-11(2)23-9-8-15(21)19-12-6-7-13(18)14(10-12)20-16(22)24-17(3,4)5/h6-7,10-11H,8-9H2,1-5H3,(H,19,21)(H,20,22). The van der Waals surface area contributed by atoms with E-state index >= 15 is 0 Å². The van der Waals surface area contributed by atoms with Crippen LogP contribution in [0.1, 0.15) is 41.0 Å². The summed E-state index contributed by atoms with van der Waals surface area (Å²) in [4.78, 5) is 23.5. The maximum atomic E-state index is 13.8. The Kier molecular flexibility index (Phi) is 7.16. The first-order valence-electron chi connectivity index (χ1n) is 7.78. The van der Waals surface area contributed by atoms with Gasteiger partial charge >= 0.3 is 6.09 Å². The number of ether oxygens (including phenoxy) is 2. The van der Waals surface area contributed by atoms with Gasteiger partial charge in [-0.1, -0.05) is 0 Å². The molecule has 6 nitrogen and oxygen atoms in total. The van der Waals surface area contributed by atoms with Gasteiger partial charge in [-0.2, -0.15) is 0 Å². The summed E-state index contributed by atoms with van der Waals surface area (Å²) in [5, 5.41) is 4.95. The van der Waals surface area contributed by atoms with Gasteiger partial charge in [0.25, 0.3) is 0 Å². The normalized spacial score (nSPS) is 11.3. The van der Waals surface area contributed by atoms with Gasteiger partial charge in [-0.05, 0) is 52.8 Å². The summed E-state index contributed by atoms with van der Waals surface area (Å²) < 4.78 is 24.2. The SMILES string of the molecule is CC(C)OCCC(=O)Nc1ccc(F)c(NC(=O)OC(C)(C)C)c1. The third-order valence-electron chi connectivity index (χ3n) is 2.67. The molecular weight excluding hydrogens is 315 g/mol. The molecule has 0 atom stereocenters. The predicted octanol–water partition coefficient (Wildman–Crippen LogP) is 3.93. The van der Waals surface area contributed by atoms with Gasteiger partial charge in [0.05, 0.1) is 24.8 Å². The van der Waals surface area contributed by atoms with Gasteiger partial charge in [-0.3, -0.25) is 10.1 Å². The Morgan fingerprint density at radius 2 is 1.88 bits per heavy atom. The molecule has 0 saturated heterocycles. The zero-order valence-corrected chi connectivity index (χ0v) is 14.7. The Balaban J connectivity index is 2.65. The quantitative estimate of drug-likeness (QED) is 0.823. The lowest BCUT2D eigenvalue weighted by Gasteiger charge is -2.20. The number of amides is 2. The van der Waals surface area contributed by atoms with Gasteiger partial charge in [0, 0.05) is 5.69 Å². The van der Waals surface area contributed by atoms with Crippen molar-refractivity contribution in [2.24, 2.45) is 0 Å². The van der Waals surface area contributed by atoms with E-state index in [2.05, 4.69) is 10.6 Å². The number of rotatable bonds is 6. The topological polar surface area (TPSA) is 76.7 Å². The first-order chi connectivity index (χ1) is 11.1. The molecule has 2 N–H and O–H groups in total. The van der Waals surface area contributed by atoms with Crippen LogP contribution in [-0.2, 0) is 14.3 Å². The van der Waals surface area contributed by atoms with E-state index in [-0.39, 0.29) is 24.1 Å². The molecule has 1 rings (SSSR count). The third-order valence-corrected chi connectivity index (χ3v) is 2.67. The van der Waals surface area contributed by atoms with E-state index in [9.17, 15) is 14.0 Å². The summed E-state index contributed by atoms with van der Waals surface area (Å²) in [5.41, 5.74) is -0.388. The van der Waals surface area contributed by atoms with Crippen LogP contribution in [0.15, 0.2) is 18.2 Å². The molecule has 2 amide bonds. The zero-order valence-electron chi connectivity index (χ0n) is 14.7. The fourth-order valence-corrected chi connectivity index (χ4v) is 1.72. The number of nitrogens with one attached hydrogen (secondary N) is 2. The fraction of sp³-hybridized carbons (Fsp3) is 0.529. The average Bonchev–Trinajstić information content (AvgIpc) is 2.40. The van der Waals surface area contributed by atoms with Crippen LogP contribution in [0.3, 0.4) is 0 Å². The van der Waals surface area contributed by atoms with Crippen molar-refractivity contribution in [3.8, 4) is 0 Å². The molecule has 0 unspecified atom stereocenters. The van der Waals surface area contributed by atoms with Crippen molar-refractivity contribution in [1.82, 2.24) is 0 Å². The molecule has 0 aliphatic heterocycles. The second-order valence-electron chi connectivity index (χ2n) is 6.54. The van der Waals surface area contributed by atoms with Crippen molar-refractivity contribution in [1.29, 1.82) is 0 Å². The molecule has 0 aromatic heterocycles. The van der Waals surface area contributed by atoms with E-state index in [1.807, 2.05) is 13.8 Å². The Morgan fingerprint density at radius 1 is 1.21 bits per heavy atom. The lowest BCUT2D eigenvalue weighted by atomic mass is 10.2. The molecule has 0 saturated carbocycles. The fourth-order valence-electron chi connectivity index (χ4n) is 1.72. The van der Waals surface area contributed by atoms with Crippen molar-refractivity contribution >= 4 is 23.4 Å². The number of benzene rings is 1. The smallest absolute Gasteiger partial charge is 0.412 e. The van der Waals surface area contributed by atoms with Gasteiger partial charge in [-0.15, -0.1) is 0 Å². The minimum Gasteiger partial charge on any atom is -0.444 e. The zero-order chi connectivity index (χ0) is 18.3. The van der Waals surface area contributed by atoms with Gasteiger partial charge in [-0.25, -0.2) is 9.18 Å². The van der Waals surface area contributed by atoms with E-state index in [0.717, 1.165) is 6.07 Å². The largest absolute Gasteiger partial charge is 0.444 e. The lowest BCUT2D eigenvalue weighted by molar-refractivity contribution is -0.117. The molecule has 0 bridgehead atoms. The van der Waals surface area contributed by atoms with E-state index in [0.29, 0.717) is 12.3 Å².